The van der Waals surface area contributed by atoms with Crippen LogP contribution >= 0.6 is 12.2 Å². The summed E-state index contributed by atoms with van der Waals surface area (Å²) in [6.45, 7) is 8.19. The van der Waals surface area contributed by atoms with Crippen LogP contribution in [0.1, 0.15) is 43.4 Å². The van der Waals surface area contributed by atoms with Gasteiger partial charge in [0, 0.05) is 5.69 Å². The zero-order valence-corrected chi connectivity index (χ0v) is 17.1. The number of nitrogens with one attached hydrogen (secondary N) is 3. The fourth-order valence-electron chi connectivity index (χ4n) is 2.74. The molecule has 0 saturated carbocycles. The Labute approximate surface area is 166 Å². The molecule has 0 fully saturated rings. The summed E-state index contributed by atoms with van der Waals surface area (Å²) in [5.74, 6) is 0.732. The van der Waals surface area contributed by atoms with E-state index in [1.165, 1.54) is 5.56 Å². The first-order valence-corrected chi connectivity index (χ1v) is 9.49. The van der Waals surface area contributed by atoms with Crippen molar-refractivity contribution >= 4 is 28.9 Å². The van der Waals surface area contributed by atoms with E-state index in [9.17, 15) is 4.79 Å². The Kier molecular flexibility index (Phi) is 7.61. The van der Waals surface area contributed by atoms with Gasteiger partial charge in [-0.2, -0.15) is 0 Å². The summed E-state index contributed by atoms with van der Waals surface area (Å²) in [7, 11) is 0. The summed E-state index contributed by atoms with van der Waals surface area (Å²) in [5, 5.41) is 3.48. The Hall–Kier alpha value is -2.60. The van der Waals surface area contributed by atoms with Crippen LogP contribution in [-0.4, -0.2) is 17.6 Å². The molecule has 1 amide bonds. The highest BCUT2D eigenvalue weighted by atomic mass is 32.1. The third-order valence-corrected chi connectivity index (χ3v) is 4.40. The molecule has 0 saturated heterocycles. The van der Waals surface area contributed by atoms with E-state index in [-0.39, 0.29) is 12.5 Å². The average molecular weight is 386 g/mol. The molecule has 0 atom stereocenters. The number of hydrazine groups is 1. The summed E-state index contributed by atoms with van der Waals surface area (Å²) >= 11 is 5.28. The van der Waals surface area contributed by atoms with Gasteiger partial charge in [-0.1, -0.05) is 57.2 Å². The van der Waals surface area contributed by atoms with E-state index in [0.29, 0.717) is 11.0 Å². The van der Waals surface area contributed by atoms with Gasteiger partial charge in [0.15, 0.2) is 11.7 Å². The SMILES string of the molecule is CCc1cccc(C)c1NC(=S)NNC(=O)COc1ccccc1C(C)C. The second-order valence-electron chi connectivity index (χ2n) is 6.57. The summed E-state index contributed by atoms with van der Waals surface area (Å²) in [6.07, 6.45) is 0.891. The van der Waals surface area contributed by atoms with Crippen LogP contribution in [0.3, 0.4) is 0 Å². The van der Waals surface area contributed by atoms with Crippen LogP contribution in [0.2, 0.25) is 0 Å². The molecule has 0 heterocycles. The van der Waals surface area contributed by atoms with Gasteiger partial charge in [-0.15, -0.1) is 0 Å². The van der Waals surface area contributed by atoms with E-state index in [4.69, 9.17) is 17.0 Å². The monoisotopic (exact) mass is 385 g/mol. The van der Waals surface area contributed by atoms with Crippen LogP contribution in [0.15, 0.2) is 42.5 Å². The molecule has 27 heavy (non-hydrogen) atoms. The van der Waals surface area contributed by atoms with Crippen LogP contribution in [0.25, 0.3) is 0 Å². The lowest BCUT2D eigenvalue weighted by Crippen LogP contribution is -2.45. The molecule has 3 N–H and O–H groups in total. The quantitative estimate of drug-likeness (QED) is 0.517. The van der Waals surface area contributed by atoms with Crippen molar-refractivity contribution in [3.8, 4) is 5.75 Å². The lowest BCUT2D eigenvalue weighted by molar-refractivity contribution is -0.123. The largest absolute Gasteiger partial charge is 0.483 e. The molecular weight excluding hydrogens is 358 g/mol. The minimum atomic E-state index is -0.307. The maximum atomic E-state index is 12.1. The Bertz CT molecular complexity index is 806. The van der Waals surface area contributed by atoms with Gasteiger partial charge >= 0.3 is 0 Å². The lowest BCUT2D eigenvalue weighted by Gasteiger charge is -2.17. The smallest absolute Gasteiger partial charge is 0.276 e. The van der Waals surface area contributed by atoms with Gasteiger partial charge < -0.3 is 10.1 Å². The van der Waals surface area contributed by atoms with E-state index in [2.05, 4.69) is 43.0 Å². The maximum absolute atomic E-state index is 12.1. The first kappa shape index (κ1) is 20.7. The molecule has 0 spiro atoms. The number of thiocarbonyl (C=S) groups is 1. The second kappa shape index (κ2) is 9.92. The number of aryl methyl sites for hydroxylation is 2. The number of hydrogen-bond donors (Lipinski definition) is 3. The number of amides is 1. The van der Waals surface area contributed by atoms with Crippen LogP contribution < -0.4 is 20.9 Å². The predicted molar refractivity (Wildman–Crippen MR) is 114 cm³/mol. The zero-order valence-electron chi connectivity index (χ0n) is 16.3. The number of rotatable bonds is 6. The molecule has 0 aromatic heterocycles. The van der Waals surface area contributed by atoms with Gasteiger partial charge in [0.1, 0.15) is 5.75 Å². The van der Waals surface area contributed by atoms with E-state index in [0.717, 1.165) is 29.0 Å². The molecule has 2 aromatic carbocycles. The molecule has 2 rings (SSSR count). The van der Waals surface area contributed by atoms with Gasteiger partial charge in [0.2, 0.25) is 0 Å². The fraction of sp³-hybridized carbons (Fsp3) is 0.333. The number of ether oxygens (including phenoxy) is 1. The minimum Gasteiger partial charge on any atom is -0.483 e. The van der Waals surface area contributed by atoms with Gasteiger partial charge in [-0.25, -0.2) is 0 Å². The number of carbonyl (C=O) groups is 1. The fourth-order valence-corrected chi connectivity index (χ4v) is 2.89. The van der Waals surface area contributed by atoms with Gasteiger partial charge in [-0.3, -0.25) is 15.6 Å². The maximum Gasteiger partial charge on any atom is 0.276 e. The van der Waals surface area contributed by atoms with Crippen molar-refractivity contribution in [3.05, 3.63) is 59.2 Å². The minimum absolute atomic E-state index is 0.0933. The summed E-state index contributed by atoms with van der Waals surface area (Å²) < 4.78 is 5.65. The van der Waals surface area contributed by atoms with Crippen molar-refractivity contribution in [1.29, 1.82) is 0 Å². The molecule has 0 bridgehead atoms. The Morgan fingerprint density at radius 1 is 1.11 bits per heavy atom. The lowest BCUT2D eigenvalue weighted by atomic mass is 10.0. The van der Waals surface area contributed by atoms with E-state index < -0.39 is 0 Å². The zero-order chi connectivity index (χ0) is 19.8. The molecule has 0 aliphatic heterocycles. The summed E-state index contributed by atoms with van der Waals surface area (Å²) in [5.41, 5.74) is 9.58. The normalized spacial score (nSPS) is 10.4. The number of anilines is 1. The van der Waals surface area contributed by atoms with E-state index in [1.807, 2.05) is 43.3 Å². The Balaban J connectivity index is 1.85. The number of para-hydroxylation sites is 2. The van der Waals surface area contributed by atoms with Crippen LogP contribution in [0, 0.1) is 6.92 Å². The highest BCUT2D eigenvalue weighted by Crippen LogP contribution is 2.25. The Morgan fingerprint density at radius 2 is 1.85 bits per heavy atom. The van der Waals surface area contributed by atoms with Gasteiger partial charge in [0.25, 0.3) is 5.91 Å². The topological polar surface area (TPSA) is 62.4 Å². The van der Waals surface area contributed by atoms with Crippen LogP contribution in [-0.2, 0) is 11.2 Å². The molecule has 144 valence electrons. The second-order valence-corrected chi connectivity index (χ2v) is 6.98. The van der Waals surface area contributed by atoms with Crippen molar-refractivity contribution in [2.45, 2.75) is 40.0 Å². The summed E-state index contributed by atoms with van der Waals surface area (Å²) in [6, 6.07) is 13.8. The van der Waals surface area contributed by atoms with Crippen molar-refractivity contribution in [3.63, 3.8) is 0 Å². The molecule has 0 radical (unpaired) electrons. The predicted octanol–water partition coefficient (Wildman–Crippen LogP) is 4.08. The Morgan fingerprint density at radius 3 is 2.56 bits per heavy atom. The highest BCUT2D eigenvalue weighted by Gasteiger charge is 2.10. The average Bonchev–Trinajstić information content (AvgIpc) is 2.66. The third kappa shape index (κ3) is 5.96. The number of carbonyl (C=O) groups excluding carboxylic acids is 1. The summed E-state index contributed by atoms with van der Waals surface area (Å²) in [4.78, 5) is 12.1. The molecule has 0 aliphatic rings. The number of benzene rings is 2. The van der Waals surface area contributed by atoms with Crippen LogP contribution in [0.4, 0.5) is 5.69 Å². The van der Waals surface area contributed by atoms with Gasteiger partial charge in [-0.05, 0) is 54.2 Å². The van der Waals surface area contributed by atoms with E-state index >= 15 is 0 Å². The molecular formula is C21H27N3O2S. The van der Waals surface area contributed by atoms with Crippen molar-refractivity contribution < 1.29 is 9.53 Å². The first-order valence-electron chi connectivity index (χ1n) is 9.08. The molecule has 0 unspecified atom stereocenters. The highest BCUT2D eigenvalue weighted by molar-refractivity contribution is 7.80. The third-order valence-electron chi connectivity index (χ3n) is 4.19. The standard InChI is InChI=1S/C21H27N3O2S/c1-5-16-10-8-9-15(4)20(16)22-21(27)24-23-19(25)13-26-18-12-7-6-11-17(18)14(2)3/h6-12,14H,5,13H2,1-4H3,(H,23,25)(H2,22,24,27). The molecule has 0 aliphatic carbocycles. The first-order chi connectivity index (χ1) is 12.9. The number of hydrogen-bond acceptors (Lipinski definition) is 3. The molecule has 5 nitrogen and oxygen atoms in total. The molecule has 2 aromatic rings. The molecule has 6 heteroatoms. The van der Waals surface area contributed by atoms with Crippen molar-refractivity contribution in [2.24, 2.45) is 0 Å². The van der Waals surface area contributed by atoms with E-state index in [1.54, 1.807) is 0 Å². The van der Waals surface area contributed by atoms with Gasteiger partial charge in [0.05, 0.1) is 0 Å². The van der Waals surface area contributed by atoms with Crippen LogP contribution in [0.5, 0.6) is 5.75 Å². The van der Waals surface area contributed by atoms with Crippen molar-refractivity contribution in [1.82, 2.24) is 10.9 Å². The van der Waals surface area contributed by atoms with Crippen molar-refractivity contribution in [2.75, 3.05) is 11.9 Å².